The van der Waals surface area contributed by atoms with Crippen molar-refractivity contribution in [2.45, 2.75) is 19.3 Å². The molecular formula is C57H36OS. The van der Waals surface area contributed by atoms with Crippen LogP contribution in [0.5, 0.6) is 0 Å². The Morgan fingerprint density at radius 1 is 0.390 bits per heavy atom. The highest BCUT2D eigenvalue weighted by molar-refractivity contribution is 7.25. The second-order valence-corrected chi connectivity index (χ2v) is 17.8. The highest BCUT2D eigenvalue weighted by Gasteiger charge is 2.36. The summed E-state index contributed by atoms with van der Waals surface area (Å²) in [5.74, 6) is 0. The molecule has 0 bridgehead atoms. The number of hydrogen-bond donors (Lipinski definition) is 0. The third kappa shape index (κ3) is 4.61. The summed E-state index contributed by atoms with van der Waals surface area (Å²) in [5.41, 5.74) is 14.4. The van der Waals surface area contributed by atoms with E-state index in [0.29, 0.717) is 0 Å². The molecule has 2 aromatic heterocycles. The lowest BCUT2D eigenvalue weighted by atomic mass is 9.80. The molecular weight excluding hydrogens is 733 g/mol. The van der Waals surface area contributed by atoms with Gasteiger partial charge in [-0.2, -0.15) is 0 Å². The minimum absolute atomic E-state index is 0.179. The summed E-state index contributed by atoms with van der Waals surface area (Å²) >= 11 is 1.84. The van der Waals surface area contributed by atoms with Crippen LogP contribution in [0.15, 0.2) is 186 Å². The molecule has 2 heteroatoms. The molecule has 0 saturated carbocycles. The number of hydrogen-bond acceptors (Lipinski definition) is 2. The molecule has 1 aliphatic carbocycles. The van der Waals surface area contributed by atoms with E-state index in [2.05, 4.69) is 196 Å². The monoisotopic (exact) mass is 768 g/mol. The van der Waals surface area contributed by atoms with Gasteiger partial charge in [-0.1, -0.05) is 159 Å². The molecule has 1 nitrogen and oxygen atoms in total. The van der Waals surface area contributed by atoms with E-state index in [1.807, 2.05) is 11.3 Å². The lowest BCUT2D eigenvalue weighted by Crippen LogP contribution is -2.15. The molecule has 0 saturated heterocycles. The van der Waals surface area contributed by atoms with Crippen molar-refractivity contribution in [3.8, 4) is 44.5 Å². The first kappa shape index (κ1) is 33.0. The van der Waals surface area contributed by atoms with Crippen molar-refractivity contribution in [1.29, 1.82) is 0 Å². The van der Waals surface area contributed by atoms with Gasteiger partial charge in [0.25, 0.3) is 0 Å². The maximum atomic E-state index is 6.96. The van der Waals surface area contributed by atoms with E-state index >= 15 is 0 Å². The third-order valence-electron chi connectivity index (χ3n) is 13.2. The van der Waals surface area contributed by atoms with Crippen molar-refractivity contribution in [2.24, 2.45) is 0 Å². The molecule has 0 N–H and O–H groups in total. The van der Waals surface area contributed by atoms with Gasteiger partial charge < -0.3 is 4.42 Å². The van der Waals surface area contributed by atoms with Gasteiger partial charge in [0.05, 0.1) is 0 Å². The van der Waals surface area contributed by atoms with E-state index in [0.717, 1.165) is 16.7 Å². The van der Waals surface area contributed by atoms with Crippen molar-refractivity contribution < 1.29 is 4.42 Å². The van der Waals surface area contributed by atoms with Gasteiger partial charge in [0.15, 0.2) is 0 Å². The molecule has 0 radical (unpaired) electrons. The molecule has 12 aromatic rings. The maximum absolute atomic E-state index is 6.96. The van der Waals surface area contributed by atoms with E-state index in [1.54, 1.807) is 0 Å². The number of benzene rings is 10. The van der Waals surface area contributed by atoms with Crippen molar-refractivity contribution in [2.75, 3.05) is 0 Å². The second-order valence-electron chi connectivity index (χ2n) is 16.7. The van der Waals surface area contributed by atoms with Crippen LogP contribution >= 0.6 is 11.3 Å². The Bertz CT molecular complexity index is 3690. The average Bonchev–Trinajstić information content (AvgIpc) is 3.91. The molecule has 0 fully saturated rings. The summed E-state index contributed by atoms with van der Waals surface area (Å²) in [6.07, 6.45) is 0. The molecule has 0 atom stereocenters. The lowest BCUT2D eigenvalue weighted by molar-refractivity contribution is 0.660. The summed E-state index contributed by atoms with van der Waals surface area (Å²) in [6.45, 7) is 4.78. The van der Waals surface area contributed by atoms with Gasteiger partial charge in [-0.05, 0) is 119 Å². The van der Waals surface area contributed by atoms with E-state index in [4.69, 9.17) is 4.42 Å². The fourth-order valence-corrected chi connectivity index (χ4v) is 11.6. The van der Waals surface area contributed by atoms with Crippen LogP contribution < -0.4 is 0 Å². The Balaban J connectivity index is 1.01. The summed E-state index contributed by atoms with van der Waals surface area (Å²) in [4.78, 5) is 0. The number of thiophene rings is 1. The first-order valence-corrected chi connectivity index (χ1v) is 21.3. The summed E-state index contributed by atoms with van der Waals surface area (Å²) < 4.78 is 9.52. The molecule has 2 heterocycles. The predicted octanol–water partition coefficient (Wildman–Crippen LogP) is 16.7. The summed E-state index contributed by atoms with van der Waals surface area (Å²) in [7, 11) is 0. The third-order valence-corrected chi connectivity index (χ3v) is 14.4. The summed E-state index contributed by atoms with van der Waals surface area (Å²) in [6, 6.07) is 67.5. The molecule has 276 valence electrons. The predicted molar refractivity (Wildman–Crippen MR) is 253 cm³/mol. The van der Waals surface area contributed by atoms with Crippen LogP contribution in [-0.4, -0.2) is 0 Å². The molecule has 1 aliphatic rings. The van der Waals surface area contributed by atoms with Gasteiger partial charge in [-0.3, -0.25) is 0 Å². The van der Waals surface area contributed by atoms with Gasteiger partial charge in [0.1, 0.15) is 11.2 Å². The molecule has 10 aromatic carbocycles. The van der Waals surface area contributed by atoms with E-state index in [-0.39, 0.29) is 5.41 Å². The first-order chi connectivity index (χ1) is 29.0. The van der Waals surface area contributed by atoms with Gasteiger partial charge in [-0.15, -0.1) is 11.3 Å². The van der Waals surface area contributed by atoms with Gasteiger partial charge in [-0.25, -0.2) is 0 Å². The fourth-order valence-electron chi connectivity index (χ4n) is 10.5. The van der Waals surface area contributed by atoms with Gasteiger partial charge in [0, 0.05) is 41.9 Å². The summed E-state index contributed by atoms with van der Waals surface area (Å²) in [5, 5.41) is 12.5. The Morgan fingerprint density at radius 3 is 1.76 bits per heavy atom. The van der Waals surface area contributed by atoms with Crippen LogP contribution in [0.25, 0.3) is 119 Å². The topological polar surface area (TPSA) is 13.1 Å². The van der Waals surface area contributed by atoms with Crippen molar-refractivity contribution in [3.63, 3.8) is 0 Å². The Kier molecular flexibility index (Phi) is 6.73. The average molecular weight is 769 g/mol. The van der Waals surface area contributed by atoms with Crippen LogP contribution in [-0.2, 0) is 5.41 Å². The zero-order chi connectivity index (χ0) is 39.0. The van der Waals surface area contributed by atoms with Crippen LogP contribution in [0.1, 0.15) is 25.0 Å². The zero-order valence-electron chi connectivity index (χ0n) is 32.6. The van der Waals surface area contributed by atoms with E-state index in [1.165, 1.54) is 113 Å². The van der Waals surface area contributed by atoms with Crippen molar-refractivity contribution in [3.05, 3.63) is 193 Å². The van der Waals surface area contributed by atoms with Crippen LogP contribution in [0.3, 0.4) is 0 Å². The lowest BCUT2D eigenvalue weighted by Gasteiger charge is -2.23. The Labute approximate surface area is 345 Å². The quantitative estimate of drug-likeness (QED) is 0.163. The second kappa shape index (κ2) is 12.0. The number of fused-ring (bicyclic) bond motifs is 13. The van der Waals surface area contributed by atoms with Crippen molar-refractivity contribution >= 4 is 85.8 Å². The molecule has 0 unspecified atom stereocenters. The number of furan rings is 1. The number of rotatable bonds is 3. The fraction of sp³-hybridized carbons (Fsp3) is 0.0526. The molecule has 13 rings (SSSR count). The molecule has 59 heavy (non-hydrogen) atoms. The Hall–Kier alpha value is -7.00. The van der Waals surface area contributed by atoms with E-state index < -0.39 is 0 Å². The van der Waals surface area contributed by atoms with Crippen molar-refractivity contribution in [1.82, 2.24) is 0 Å². The van der Waals surface area contributed by atoms with Crippen LogP contribution in [0, 0.1) is 0 Å². The highest BCUT2D eigenvalue weighted by Crippen LogP contribution is 2.53. The Morgan fingerprint density at radius 2 is 1.02 bits per heavy atom. The SMILES string of the molecule is CC1(C)c2ccc(-c3cc4ccccc4c4c3oc3cc5sc6ccccc6c5cc34)cc2-c2ccc(-c3c4ccccc4c(-c4ccccc4)c4ccccc34)cc21. The van der Waals surface area contributed by atoms with Gasteiger partial charge >= 0.3 is 0 Å². The normalized spacial score (nSPS) is 13.4. The van der Waals surface area contributed by atoms with Crippen LogP contribution in [0.4, 0.5) is 0 Å². The van der Waals surface area contributed by atoms with E-state index in [9.17, 15) is 0 Å². The zero-order valence-corrected chi connectivity index (χ0v) is 33.5. The van der Waals surface area contributed by atoms with Gasteiger partial charge in [0.2, 0.25) is 0 Å². The van der Waals surface area contributed by atoms with Crippen LogP contribution in [0.2, 0.25) is 0 Å². The highest BCUT2D eigenvalue weighted by atomic mass is 32.1. The maximum Gasteiger partial charge on any atom is 0.143 e. The smallest absolute Gasteiger partial charge is 0.143 e. The molecule has 0 spiro atoms. The largest absolute Gasteiger partial charge is 0.455 e. The first-order valence-electron chi connectivity index (χ1n) is 20.5. The minimum Gasteiger partial charge on any atom is -0.455 e. The standard InChI is InChI=1S/C57H36OS/c1-57(2)48-27-25-35(44-28-34-16-6-7-17-37(34)55-47-31-46-39-18-12-13-23-51(39)59-52(46)32-50(47)58-56(44)55)29-45(48)38-26-24-36(30-49(38)57)54-42-21-10-8-19-40(42)53(33-14-4-3-5-15-33)41-20-9-11-22-43(41)54/h3-32H,1-2H3. The minimum atomic E-state index is -0.179. The molecule has 0 aliphatic heterocycles. The molecule has 0 amide bonds.